The highest BCUT2D eigenvalue weighted by Crippen LogP contribution is 2.26. The van der Waals surface area contributed by atoms with E-state index in [-0.39, 0.29) is 0 Å². The van der Waals surface area contributed by atoms with E-state index < -0.39 is 0 Å². The maximum atomic E-state index is 4.82. The molecule has 1 saturated heterocycles. The second-order valence-corrected chi connectivity index (χ2v) is 7.62. The third kappa shape index (κ3) is 2.90. The van der Waals surface area contributed by atoms with Crippen molar-refractivity contribution in [1.82, 2.24) is 34.0 Å². The van der Waals surface area contributed by atoms with Gasteiger partial charge in [0.05, 0.1) is 17.4 Å². The summed E-state index contributed by atoms with van der Waals surface area (Å²) < 4.78 is 3.89. The fourth-order valence-corrected chi connectivity index (χ4v) is 3.85. The van der Waals surface area contributed by atoms with Crippen molar-refractivity contribution in [3.8, 4) is 11.3 Å². The number of hydrogen-bond donors (Lipinski definition) is 1. The van der Waals surface area contributed by atoms with Gasteiger partial charge in [-0.1, -0.05) is 0 Å². The summed E-state index contributed by atoms with van der Waals surface area (Å²) in [5.41, 5.74) is 4.66. The Morgan fingerprint density at radius 1 is 1.07 bits per heavy atom. The van der Waals surface area contributed by atoms with Gasteiger partial charge in [-0.05, 0) is 58.1 Å². The highest BCUT2D eigenvalue weighted by atomic mass is 15.3. The van der Waals surface area contributed by atoms with Crippen molar-refractivity contribution in [3.05, 3.63) is 36.4 Å². The Labute approximate surface area is 163 Å². The van der Waals surface area contributed by atoms with Crippen LogP contribution in [-0.2, 0) is 7.05 Å². The minimum atomic E-state index is 0.431. The van der Waals surface area contributed by atoms with Gasteiger partial charge in [-0.2, -0.15) is 0 Å². The van der Waals surface area contributed by atoms with Crippen LogP contribution in [0.2, 0.25) is 0 Å². The number of rotatable bonds is 3. The quantitative estimate of drug-likeness (QED) is 0.592. The molecule has 0 spiro atoms. The Morgan fingerprint density at radius 2 is 1.89 bits per heavy atom. The largest absolute Gasteiger partial charge is 0.350 e. The molecular weight excluding hydrogens is 352 g/mol. The second-order valence-electron chi connectivity index (χ2n) is 7.62. The van der Waals surface area contributed by atoms with Crippen molar-refractivity contribution in [1.29, 1.82) is 0 Å². The van der Waals surface area contributed by atoms with Crippen LogP contribution in [0.1, 0.15) is 18.7 Å². The molecule has 5 heterocycles. The Kier molecular flexibility index (Phi) is 4.01. The third-order valence-corrected chi connectivity index (χ3v) is 5.68. The van der Waals surface area contributed by atoms with Crippen molar-refractivity contribution in [2.24, 2.45) is 7.05 Å². The van der Waals surface area contributed by atoms with E-state index in [1.165, 1.54) is 0 Å². The van der Waals surface area contributed by atoms with Gasteiger partial charge in [-0.25, -0.2) is 19.5 Å². The molecule has 1 fully saturated rings. The molecule has 0 radical (unpaired) electrons. The zero-order valence-corrected chi connectivity index (χ0v) is 16.4. The molecule has 28 heavy (non-hydrogen) atoms. The smallest absolute Gasteiger partial charge is 0.241 e. The van der Waals surface area contributed by atoms with E-state index in [1.54, 1.807) is 0 Å². The first-order valence-electron chi connectivity index (χ1n) is 9.68. The number of anilines is 1. The van der Waals surface area contributed by atoms with Gasteiger partial charge in [0.25, 0.3) is 0 Å². The minimum absolute atomic E-state index is 0.431. The highest BCUT2D eigenvalue weighted by Gasteiger charge is 2.18. The molecule has 5 rings (SSSR count). The first-order valence-corrected chi connectivity index (χ1v) is 9.68. The monoisotopic (exact) mass is 376 g/mol. The van der Waals surface area contributed by atoms with Crippen LogP contribution in [0.15, 0.2) is 30.6 Å². The molecule has 8 nitrogen and oxygen atoms in total. The van der Waals surface area contributed by atoms with Gasteiger partial charge < -0.3 is 14.8 Å². The number of piperidine rings is 1. The van der Waals surface area contributed by atoms with Crippen LogP contribution >= 0.6 is 0 Å². The van der Waals surface area contributed by atoms with Crippen LogP contribution in [0.5, 0.6) is 0 Å². The van der Waals surface area contributed by atoms with Crippen molar-refractivity contribution in [2.45, 2.75) is 25.8 Å². The lowest BCUT2D eigenvalue weighted by Gasteiger charge is -2.29. The van der Waals surface area contributed by atoms with Gasteiger partial charge >= 0.3 is 0 Å². The summed E-state index contributed by atoms with van der Waals surface area (Å²) in [6.07, 6.45) is 6.07. The summed E-state index contributed by atoms with van der Waals surface area (Å²) >= 11 is 0. The van der Waals surface area contributed by atoms with E-state index in [4.69, 9.17) is 4.98 Å². The number of nitrogens with zero attached hydrogens (tertiary/aromatic N) is 7. The van der Waals surface area contributed by atoms with Crippen LogP contribution in [0, 0.1) is 6.92 Å². The summed E-state index contributed by atoms with van der Waals surface area (Å²) in [4.78, 5) is 16.3. The first-order chi connectivity index (χ1) is 13.6. The molecule has 1 N–H and O–H groups in total. The lowest BCUT2D eigenvalue weighted by atomic mass is 10.1. The molecule has 1 aliphatic rings. The van der Waals surface area contributed by atoms with Crippen molar-refractivity contribution < 1.29 is 0 Å². The van der Waals surface area contributed by atoms with E-state index in [9.17, 15) is 0 Å². The van der Waals surface area contributed by atoms with E-state index in [2.05, 4.69) is 32.3 Å². The molecule has 144 valence electrons. The number of hydrogen-bond acceptors (Lipinski definition) is 6. The second kappa shape index (κ2) is 6.56. The van der Waals surface area contributed by atoms with Gasteiger partial charge in [0.2, 0.25) is 5.95 Å². The fourth-order valence-electron chi connectivity index (χ4n) is 3.85. The van der Waals surface area contributed by atoms with E-state index in [0.29, 0.717) is 12.0 Å². The molecule has 0 atom stereocenters. The van der Waals surface area contributed by atoms with Crippen LogP contribution in [0.25, 0.3) is 27.9 Å². The zero-order chi connectivity index (χ0) is 19.3. The van der Waals surface area contributed by atoms with Crippen LogP contribution in [-0.4, -0.2) is 60.2 Å². The van der Waals surface area contributed by atoms with Gasteiger partial charge in [-0.3, -0.25) is 0 Å². The molecule has 8 heteroatoms. The maximum Gasteiger partial charge on any atom is 0.241 e. The lowest BCUT2D eigenvalue weighted by Crippen LogP contribution is -2.37. The lowest BCUT2D eigenvalue weighted by molar-refractivity contribution is 0.263. The standard InChI is InChI=1S/C20H24N8/c1-13-22-17-5-4-16(24-19(17)27(13)3)15-8-11-28-18(15)12-21-20(25-28)23-14-6-9-26(2)10-7-14/h4-5,8,11-12,14H,6-7,9-10H2,1-3H3,(H,23,25). The van der Waals surface area contributed by atoms with Crippen molar-refractivity contribution in [2.75, 3.05) is 25.5 Å². The number of aryl methyl sites for hydroxylation is 2. The summed E-state index contributed by atoms with van der Waals surface area (Å²) in [5.74, 6) is 1.63. The molecule has 4 aromatic heterocycles. The molecule has 1 aliphatic heterocycles. The Hall–Kier alpha value is -3.00. The molecular formula is C20H24N8. The minimum Gasteiger partial charge on any atom is -0.350 e. The van der Waals surface area contributed by atoms with E-state index in [1.807, 2.05) is 53.6 Å². The summed E-state index contributed by atoms with van der Waals surface area (Å²) in [5, 5.41) is 8.13. The van der Waals surface area contributed by atoms with Crippen molar-refractivity contribution >= 4 is 22.6 Å². The maximum absolute atomic E-state index is 4.82. The Bertz CT molecular complexity index is 1150. The number of nitrogens with one attached hydrogen (secondary N) is 1. The normalized spacial score (nSPS) is 16.2. The molecule has 4 aromatic rings. The molecule has 0 bridgehead atoms. The molecule has 0 aliphatic carbocycles. The summed E-state index contributed by atoms with van der Waals surface area (Å²) in [6.45, 7) is 4.20. The Balaban J connectivity index is 1.46. The van der Waals surface area contributed by atoms with Gasteiger partial charge in [-0.15, -0.1) is 5.10 Å². The van der Waals surface area contributed by atoms with E-state index >= 15 is 0 Å². The number of imidazole rings is 1. The first kappa shape index (κ1) is 17.1. The molecule has 0 saturated carbocycles. The van der Waals surface area contributed by atoms with Crippen LogP contribution in [0.3, 0.4) is 0 Å². The van der Waals surface area contributed by atoms with Crippen LogP contribution < -0.4 is 5.32 Å². The average Bonchev–Trinajstić information content (AvgIpc) is 3.24. The fraction of sp³-hybridized carbons (Fsp3) is 0.400. The topological polar surface area (TPSA) is 76.2 Å². The molecule has 0 aromatic carbocycles. The Morgan fingerprint density at radius 3 is 2.71 bits per heavy atom. The number of pyridine rings is 1. The van der Waals surface area contributed by atoms with Gasteiger partial charge in [0, 0.05) is 24.8 Å². The predicted octanol–water partition coefficient (Wildman–Crippen LogP) is 2.49. The molecule has 0 unspecified atom stereocenters. The number of aromatic nitrogens is 6. The average molecular weight is 376 g/mol. The number of likely N-dealkylation sites (tertiary alicyclic amines) is 1. The highest BCUT2D eigenvalue weighted by molar-refractivity contribution is 5.82. The third-order valence-electron chi connectivity index (χ3n) is 5.68. The van der Waals surface area contributed by atoms with Gasteiger partial charge in [0.15, 0.2) is 5.65 Å². The zero-order valence-electron chi connectivity index (χ0n) is 16.4. The summed E-state index contributed by atoms with van der Waals surface area (Å²) in [7, 11) is 4.15. The number of fused-ring (bicyclic) bond motifs is 2. The van der Waals surface area contributed by atoms with Gasteiger partial charge in [0.1, 0.15) is 11.3 Å². The van der Waals surface area contributed by atoms with E-state index in [0.717, 1.165) is 59.7 Å². The van der Waals surface area contributed by atoms with Crippen LogP contribution in [0.4, 0.5) is 5.95 Å². The summed E-state index contributed by atoms with van der Waals surface area (Å²) in [6, 6.07) is 6.50. The van der Waals surface area contributed by atoms with Crippen molar-refractivity contribution in [3.63, 3.8) is 0 Å². The SMILES string of the molecule is Cc1nc2ccc(-c3ccn4nc(NC5CCN(C)CC5)ncc34)nc2n1C. The molecule has 0 amide bonds. The predicted molar refractivity (Wildman–Crippen MR) is 109 cm³/mol.